The Labute approximate surface area is 118 Å². The molecule has 1 unspecified atom stereocenters. The highest BCUT2D eigenvalue weighted by Crippen LogP contribution is 2.32. The van der Waals surface area contributed by atoms with Crippen molar-refractivity contribution >= 4 is 0 Å². The van der Waals surface area contributed by atoms with Gasteiger partial charge in [0.2, 0.25) is 0 Å². The smallest absolute Gasteiger partial charge is 0.260 e. The number of nitrogens with zero attached hydrogens (tertiary/aromatic N) is 2. The van der Waals surface area contributed by atoms with Gasteiger partial charge in [-0.2, -0.15) is 4.98 Å². The van der Waals surface area contributed by atoms with Crippen LogP contribution in [0.2, 0.25) is 0 Å². The Kier molecular flexibility index (Phi) is 3.11. The van der Waals surface area contributed by atoms with Crippen LogP contribution in [0.5, 0.6) is 0 Å². The number of rotatable bonds is 3. The molecule has 106 valence electrons. The molecule has 1 saturated heterocycles. The van der Waals surface area contributed by atoms with E-state index in [1.54, 1.807) is 0 Å². The summed E-state index contributed by atoms with van der Waals surface area (Å²) in [5.74, 6) is 0.903. The van der Waals surface area contributed by atoms with Crippen LogP contribution in [0.1, 0.15) is 37.5 Å². The summed E-state index contributed by atoms with van der Waals surface area (Å²) in [6.07, 6.45) is 0.598. The van der Waals surface area contributed by atoms with Crippen molar-refractivity contribution in [1.29, 1.82) is 0 Å². The van der Waals surface area contributed by atoms with Gasteiger partial charge in [0, 0.05) is 6.54 Å². The molecule has 2 aromatic rings. The maximum Gasteiger partial charge on any atom is 0.260 e. The molecule has 20 heavy (non-hydrogen) atoms. The second-order valence-electron chi connectivity index (χ2n) is 5.87. The predicted molar refractivity (Wildman–Crippen MR) is 74.3 cm³/mol. The van der Waals surface area contributed by atoms with E-state index in [0.29, 0.717) is 24.7 Å². The van der Waals surface area contributed by atoms with E-state index in [1.165, 1.54) is 0 Å². The van der Waals surface area contributed by atoms with Crippen molar-refractivity contribution in [3.05, 3.63) is 47.6 Å². The predicted octanol–water partition coefficient (Wildman–Crippen LogP) is 1.58. The van der Waals surface area contributed by atoms with E-state index in [1.807, 2.05) is 44.2 Å². The molecule has 1 aromatic heterocycles. The Morgan fingerprint density at radius 1 is 1.30 bits per heavy atom. The van der Waals surface area contributed by atoms with Crippen molar-refractivity contribution in [3.8, 4) is 0 Å². The van der Waals surface area contributed by atoms with Crippen LogP contribution in [0.15, 0.2) is 34.9 Å². The average Bonchev–Trinajstić information content (AvgIpc) is 3.09. The lowest BCUT2D eigenvalue weighted by molar-refractivity contribution is 0.0243. The summed E-state index contributed by atoms with van der Waals surface area (Å²) < 4.78 is 5.31. The Bertz CT molecular complexity index is 586. The van der Waals surface area contributed by atoms with E-state index in [2.05, 4.69) is 15.5 Å². The van der Waals surface area contributed by atoms with Crippen LogP contribution < -0.4 is 5.32 Å². The molecule has 1 aliphatic rings. The fourth-order valence-electron chi connectivity index (χ4n) is 2.51. The lowest BCUT2D eigenvalue weighted by atomic mass is 9.84. The first kappa shape index (κ1) is 13.3. The first-order valence-corrected chi connectivity index (χ1v) is 6.86. The van der Waals surface area contributed by atoms with Gasteiger partial charge in [0.1, 0.15) is 0 Å². The van der Waals surface area contributed by atoms with Crippen molar-refractivity contribution in [1.82, 2.24) is 15.5 Å². The van der Waals surface area contributed by atoms with E-state index < -0.39 is 5.60 Å². The van der Waals surface area contributed by atoms with Crippen molar-refractivity contribution in [3.63, 3.8) is 0 Å². The highest BCUT2D eigenvalue weighted by Gasteiger charge is 2.40. The van der Waals surface area contributed by atoms with Gasteiger partial charge in [0.25, 0.3) is 5.89 Å². The first-order valence-electron chi connectivity index (χ1n) is 6.86. The fraction of sp³-hybridized carbons (Fsp3) is 0.467. The van der Waals surface area contributed by atoms with Gasteiger partial charge >= 0.3 is 0 Å². The standard InChI is InChI=1S/C15H19N3O2/c1-14(2,11-6-4-3-5-7-11)12-17-13(20-18-12)15(19)8-9-16-10-15/h3-7,16,19H,8-10H2,1-2H3. The van der Waals surface area contributed by atoms with Crippen LogP contribution in [0.4, 0.5) is 0 Å². The van der Waals surface area contributed by atoms with Crippen LogP contribution in [0.25, 0.3) is 0 Å². The zero-order chi connectivity index (χ0) is 14.2. The third-order valence-electron chi connectivity index (χ3n) is 4.01. The summed E-state index contributed by atoms with van der Waals surface area (Å²) in [5, 5.41) is 17.6. The molecule has 2 heterocycles. The van der Waals surface area contributed by atoms with Crippen molar-refractivity contribution in [2.24, 2.45) is 0 Å². The van der Waals surface area contributed by atoms with Crippen molar-refractivity contribution < 1.29 is 9.63 Å². The van der Waals surface area contributed by atoms with Gasteiger partial charge in [-0.1, -0.05) is 35.5 Å². The summed E-state index contributed by atoms with van der Waals surface area (Å²) in [6, 6.07) is 10.1. The van der Waals surface area contributed by atoms with E-state index in [-0.39, 0.29) is 5.41 Å². The summed E-state index contributed by atoms with van der Waals surface area (Å²) in [5.41, 5.74) is -0.271. The van der Waals surface area contributed by atoms with Crippen LogP contribution in [-0.2, 0) is 11.0 Å². The molecule has 1 aliphatic heterocycles. The maximum absolute atomic E-state index is 10.5. The molecule has 0 spiro atoms. The molecule has 3 rings (SSSR count). The molecule has 1 fully saturated rings. The minimum absolute atomic E-state index is 0.307. The molecule has 0 aliphatic carbocycles. The Balaban J connectivity index is 1.94. The third kappa shape index (κ3) is 2.13. The van der Waals surface area contributed by atoms with Crippen LogP contribution in [0.3, 0.4) is 0 Å². The number of nitrogens with one attached hydrogen (secondary N) is 1. The number of hydrogen-bond donors (Lipinski definition) is 2. The molecule has 1 aromatic carbocycles. The highest BCUT2D eigenvalue weighted by molar-refractivity contribution is 5.30. The summed E-state index contributed by atoms with van der Waals surface area (Å²) in [6.45, 7) is 5.32. The topological polar surface area (TPSA) is 71.2 Å². The summed E-state index contributed by atoms with van der Waals surface area (Å²) >= 11 is 0. The Morgan fingerprint density at radius 2 is 2.05 bits per heavy atom. The van der Waals surface area contributed by atoms with Gasteiger partial charge in [0.15, 0.2) is 11.4 Å². The monoisotopic (exact) mass is 273 g/mol. The van der Waals surface area contributed by atoms with Gasteiger partial charge in [0.05, 0.1) is 5.41 Å². The number of aliphatic hydroxyl groups is 1. The normalized spacial score (nSPS) is 23.1. The zero-order valence-electron chi connectivity index (χ0n) is 11.8. The largest absolute Gasteiger partial charge is 0.379 e. The minimum Gasteiger partial charge on any atom is -0.379 e. The van der Waals surface area contributed by atoms with E-state index in [9.17, 15) is 5.11 Å². The van der Waals surface area contributed by atoms with Crippen molar-refractivity contribution in [2.45, 2.75) is 31.3 Å². The highest BCUT2D eigenvalue weighted by atomic mass is 16.5. The number of aromatic nitrogens is 2. The van der Waals surface area contributed by atoms with Crippen LogP contribution in [-0.4, -0.2) is 28.3 Å². The Morgan fingerprint density at radius 3 is 2.70 bits per heavy atom. The van der Waals surface area contributed by atoms with Gasteiger partial charge in [-0.05, 0) is 32.4 Å². The summed E-state index contributed by atoms with van der Waals surface area (Å²) in [7, 11) is 0. The lowest BCUT2D eigenvalue weighted by Gasteiger charge is -2.21. The molecule has 0 radical (unpaired) electrons. The van der Waals surface area contributed by atoms with Crippen LogP contribution in [0, 0.1) is 0 Å². The molecular formula is C15H19N3O2. The van der Waals surface area contributed by atoms with Gasteiger partial charge in [-0.15, -0.1) is 0 Å². The van der Waals surface area contributed by atoms with E-state index in [0.717, 1.165) is 12.1 Å². The Hall–Kier alpha value is -1.72. The first-order chi connectivity index (χ1) is 9.52. The quantitative estimate of drug-likeness (QED) is 0.888. The maximum atomic E-state index is 10.5. The van der Waals surface area contributed by atoms with Gasteiger partial charge in [-0.3, -0.25) is 0 Å². The minimum atomic E-state index is -1.03. The summed E-state index contributed by atoms with van der Waals surface area (Å²) in [4.78, 5) is 4.44. The van der Waals surface area contributed by atoms with Crippen LogP contribution >= 0.6 is 0 Å². The average molecular weight is 273 g/mol. The number of benzene rings is 1. The van der Waals surface area contributed by atoms with E-state index in [4.69, 9.17) is 4.52 Å². The molecule has 2 N–H and O–H groups in total. The molecule has 0 saturated carbocycles. The molecular weight excluding hydrogens is 254 g/mol. The third-order valence-corrected chi connectivity index (χ3v) is 4.01. The number of β-amino-alcohol motifs (C(OH)–C–C–N with tert-alkyl or cyclic N) is 1. The van der Waals surface area contributed by atoms with E-state index >= 15 is 0 Å². The zero-order valence-corrected chi connectivity index (χ0v) is 11.8. The second-order valence-corrected chi connectivity index (χ2v) is 5.87. The molecule has 5 nitrogen and oxygen atoms in total. The lowest BCUT2D eigenvalue weighted by Crippen LogP contribution is -2.29. The molecule has 0 bridgehead atoms. The van der Waals surface area contributed by atoms with Gasteiger partial charge in [-0.25, -0.2) is 0 Å². The fourth-order valence-corrected chi connectivity index (χ4v) is 2.51. The number of hydrogen-bond acceptors (Lipinski definition) is 5. The molecule has 0 amide bonds. The van der Waals surface area contributed by atoms with Crippen molar-refractivity contribution in [2.75, 3.05) is 13.1 Å². The molecule has 5 heteroatoms. The SMILES string of the molecule is CC(C)(c1ccccc1)c1noc(C2(O)CCNC2)n1. The second kappa shape index (κ2) is 4.68. The van der Waals surface area contributed by atoms with Gasteiger partial charge < -0.3 is 14.9 Å². The molecule has 1 atom stereocenters.